The second kappa shape index (κ2) is 14.6. The molecule has 3 N–H and O–H groups in total. The van der Waals surface area contributed by atoms with E-state index in [9.17, 15) is 4.79 Å². The second-order valence-corrected chi connectivity index (χ2v) is 7.37. The number of rotatable bonds is 9. The molecule has 1 aliphatic rings. The monoisotopic (exact) mass is 531 g/mol. The van der Waals surface area contributed by atoms with Crippen LogP contribution >= 0.6 is 24.0 Å². The van der Waals surface area contributed by atoms with E-state index in [1.54, 1.807) is 14.1 Å². The van der Waals surface area contributed by atoms with Crippen LogP contribution in [0.15, 0.2) is 29.3 Å². The molecule has 0 spiro atoms. The Bertz CT molecular complexity index is 643. The van der Waals surface area contributed by atoms with E-state index < -0.39 is 0 Å². The summed E-state index contributed by atoms with van der Waals surface area (Å²) in [7, 11) is 3.43. The van der Waals surface area contributed by atoms with Gasteiger partial charge in [0.1, 0.15) is 0 Å². The van der Waals surface area contributed by atoms with Crippen LogP contribution in [0.2, 0.25) is 0 Å². The molecular weight excluding hydrogens is 493 g/mol. The fourth-order valence-corrected chi connectivity index (χ4v) is 3.86. The van der Waals surface area contributed by atoms with Gasteiger partial charge in [0.2, 0.25) is 0 Å². The largest absolute Gasteiger partial charge is 0.379 e. The minimum Gasteiger partial charge on any atom is -0.379 e. The van der Waals surface area contributed by atoms with E-state index in [0.29, 0.717) is 24.1 Å². The van der Waals surface area contributed by atoms with E-state index in [1.807, 2.05) is 24.3 Å². The first-order valence-corrected chi connectivity index (χ1v) is 10.7. The van der Waals surface area contributed by atoms with Crippen molar-refractivity contribution in [2.75, 3.05) is 46.9 Å². The summed E-state index contributed by atoms with van der Waals surface area (Å²) in [5, 5.41) is 9.53. The number of amides is 1. The molecule has 0 aliphatic carbocycles. The molecule has 1 aromatic rings. The molecule has 7 nitrogen and oxygen atoms in total. The summed E-state index contributed by atoms with van der Waals surface area (Å²) >= 11 is 0. The van der Waals surface area contributed by atoms with E-state index >= 15 is 0 Å². The quantitative estimate of drug-likeness (QED) is 0.259. The van der Waals surface area contributed by atoms with Gasteiger partial charge in [-0.3, -0.25) is 14.7 Å². The molecule has 0 aromatic heterocycles. The third kappa shape index (κ3) is 8.03. The summed E-state index contributed by atoms with van der Waals surface area (Å²) < 4.78 is 5.54. The second-order valence-electron chi connectivity index (χ2n) is 7.37. The Morgan fingerprint density at radius 3 is 2.30 bits per heavy atom. The molecule has 30 heavy (non-hydrogen) atoms. The minimum absolute atomic E-state index is 0. The van der Waals surface area contributed by atoms with Gasteiger partial charge in [-0.2, -0.15) is 0 Å². The van der Waals surface area contributed by atoms with Crippen molar-refractivity contribution >= 4 is 35.8 Å². The minimum atomic E-state index is -0.0717. The number of nitrogens with zero attached hydrogens (tertiary/aromatic N) is 2. The number of halogens is 1. The molecule has 0 saturated carbocycles. The fourth-order valence-electron chi connectivity index (χ4n) is 3.86. The Morgan fingerprint density at radius 1 is 1.13 bits per heavy atom. The van der Waals surface area contributed by atoms with Crippen LogP contribution in [-0.4, -0.2) is 69.8 Å². The molecular formula is C22H38IN5O2. The first-order valence-electron chi connectivity index (χ1n) is 10.7. The summed E-state index contributed by atoms with van der Waals surface area (Å²) in [6, 6.07) is 8.08. The fraction of sp³-hybridized carbons (Fsp3) is 0.636. The summed E-state index contributed by atoms with van der Waals surface area (Å²) in [5.41, 5.74) is 1.77. The summed E-state index contributed by atoms with van der Waals surface area (Å²) in [6.07, 6.45) is 2.34. The van der Waals surface area contributed by atoms with Crippen LogP contribution in [0.1, 0.15) is 42.6 Å². The van der Waals surface area contributed by atoms with Crippen molar-refractivity contribution in [2.45, 2.75) is 39.3 Å². The lowest BCUT2D eigenvalue weighted by Gasteiger charge is -2.39. The highest BCUT2D eigenvalue weighted by Crippen LogP contribution is 2.19. The molecule has 1 aromatic carbocycles. The zero-order valence-corrected chi connectivity index (χ0v) is 21.1. The average Bonchev–Trinajstić information content (AvgIpc) is 2.78. The van der Waals surface area contributed by atoms with Crippen molar-refractivity contribution in [1.82, 2.24) is 20.9 Å². The zero-order chi connectivity index (χ0) is 21.1. The Morgan fingerprint density at radius 2 is 1.77 bits per heavy atom. The Kier molecular flexibility index (Phi) is 13.0. The number of morpholine rings is 1. The zero-order valence-electron chi connectivity index (χ0n) is 18.7. The lowest BCUT2D eigenvalue weighted by molar-refractivity contribution is 0.00272. The number of guanidine groups is 1. The predicted octanol–water partition coefficient (Wildman–Crippen LogP) is 2.47. The maximum atomic E-state index is 11.7. The van der Waals surface area contributed by atoms with Crippen LogP contribution in [-0.2, 0) is 11.3 Å². The Labute approximate surface area is 198 Å². The predicted molar refractivity (Wildman–Crippen MR) is 134 cm³/mol. The number of hydrogen-bond acceptors (Lipinski definition) is 4. The number of nitrogens with one attached hydrogen (secondary N) is 3. The van der Waals surface area contributed by atoms with Crippen LogP contribution in [0.25, 0.3) is 0 Å². The smallest absolute Gasteiger partial charge is 0.251 e. The van der Waals surface area contributed by atoms with Crippen LogP contribution in [0.5, 0.6) is 0 Å². The molecule has 170 valence electrons. The highest BCUT2D eigenvalue weighted by atomic mass is 127. The Balaban J connectivity index is 0.00000450. The van der Waals surface area contributed by atoms with Gasteiger partial charge in [0.25, 0.3) is 5.91 Å². The number of carbonyl (C=O) groups excluding carboxylic acids is 1. The summed E-state index contributed by atoms with van der Waals surface area (Å²) in [4.78, 5) is 18.6. The Hall–Kier alpha value is -1.39. The molecule has 2 rings (SSSR count). The number of benzene rings is 1. The van der Waals surface area contributed by atoms with Crippen molar-refractivity contribution in [3.63, 3.8) is 0 Å². The standard InChI is InChI=1S/C22H37N5O2.HI/c1-5-18(6-2)20(27-11-13-29-14-12-27)16-26-22(24-4)25-15-17-7-9-19(10-8-17)21(28)23-3;/h7-10,18,20H,5-6,11-16H2,1-4H3,(H,23,28)(H2,24,25,26);1H. The molecule has 1 unspecified atom stereocenters. The van der Waals surface area contributed by atoms with Gasteiger partial charge >= 0.3 is 0 Å². The molecule has 1 aliphatic heterocycles. The maximum absolute atomic E-state index is 11.7. The van der Waals surface area contributed by atoms with Gasteiger partial charge in [-0.15, -0.1) is 24.0 Å². The van der Waals surface area contributed by atoms with E-state index in [2.05, 4.69) is 39.7 Å². The van der Waals surface area contributed by atoms with Gasteiger partial charge in [-0.1, -0.05) is 38.8 Å². The lowest BCUT2D eigenvalue weighted by atomic mass is 9.92. The first kappa shape index (κ1) is 26.6. The number of carbonyl (C=O) groups is 1. The topological polar surface area (TPSA) is 78.0 Å². The summed E-state index contributed by atoms with van der Waals surface area (Å²) in [5.74, 6) is 1.37. The third-order valence-corrected chi connectivity index (χ3v) is 5.71. The van der Waals surface area contributed by atoms with E-state index in [4.69, 9.17) is 4.74 Å². The molecule has 1 heterocycles. The summed E-state index contributed by atoms with van der Waals surface area (Å²) in [6.45, 7) is 9.68. The van der Waals surface area contributed by atoms with E-state index in [0.717, 1.165) is 44.4 Å². The molecule has 0 radical (unpaired) electrons. The molecule has 1 amide bonds. The van der Waals surface area contributed by atoms with Gasteiger partial charge in [0.15, 0.2) is 5.96 Å². The first-order chi connectivity index (χ1) is 14.1. The number of ether oxygens (including phenoxy) is 1. The number of aliphatic imine (C=N–C) groups is 1. The molecule has 1 atom stereocenters. The normalized spacial score (nSPS) is 16.0. The molecule has 0 bridgehead atoms. The van der Waals surface area contributed by atoms with Gasteiger partial charge < -0.3 is 20.7 Å². The highest BCUT2D eigenvalue weighted by molar-refractivity contribution is 14.0. The van der Waals surface area contributed by atoms with Crippen molar-refractivity contribution in [3.05, 3.63) is 35.4 Å². The van der Waals surface area contributed by atoms with Crippen LogP contribution in [0.4, 0.5) is 0 Å². The molecule has 1 saturated heterocycles. The van der Waals surface area contributed by atoms with Crippen LogP contribution < -0.4 is 16.0 Å². The maximum Gasteiger partial charge on any atom is 0.251 e. The van der Waals surface area contributed by atoms with Crippen LogP contribution in [0.3, 0.4) is 0 Å². The van der Waals surface area contributed by atoms with Gasteiger partial charge in [0, 0.05) is 51.9 Å². The van der Waals surface area contributed by atoms with Gasteiger partial charge in [0.05, 0.1) is 13.2 Å². The van der Waals surface area contributed by atoms with Crippen molar-refractivity contribution < 1.29 is 9.53 Å². The number of hydrogen-bond donors (Lipinski definition) is 3. The van der Waals surface area contributed by atoms with Crippen molar-refractivity contribution in [3.8, 4) is 0 Å². The van der Waals surface area contributed by atoms with Crippen molar-refractivity contribution in [2.24, 2.45) is 10.9 Å². The third-order valence-electron chi connectivity index (χ3n) is 5.71. The van der Waals surface area contributed by atoms with Gasteiger partial charge in [-0.05, 0) is 23.6 Å². The van der Waals surface area contributed by atoms with Crippen molar-refractivity contribution in [1.29, 1.82) is 0 Å². The van der Waals surface area contributed by atoms with Gasteiger partial charge in [-0.25, -0.2) is 0 Å². The van der Waals surface area contributed by atoms with E-state index in [1.165, 1.54) is 12.8 Å². The van der Waals surface area contributed by atoms with Crippen LogP contribution in [0, 0.1) is 5.92 Å². The van der Waals surface area contributed by atoms with E-state index in [-0.39, 0.29) is 29.9 Å². The average molecular weight is 531 g/mol. The SMILES string of the molecule is CCC(CC)C(CNC(=NC)NCc1ccc(C(=O)NC)cc1)N1CCOCC1.I. The molecule has 8 heteroatoms. The molecule has 1 fully saturated rings. The highest BCUT2D eigenvalue weighted by Gasteiger charge is 2.26. The lowest BCUT2D eigenvalue weighted by Crippen LogP contribution is -2.53.